The zero-order valence-corrected chi connectivity index (χ0v) is 11.0. The molecule has 0 aliphatic rings. The van der Waals surface area contributed by atoms with Crippen LogP contribution >= 0.6 is 0 Å². The first-order chi connectivity index (χ1) is 8.11. The second-order valence-corrected chi connectivity index (χ2v) is 4.43. The second kappa shape index (κ2) is 7.01. The van der Waals surface area contributed by atoms with E-state index in [9.17, 15) is 0 Å². The Morgan fingerprint density at radius 2 is 2.00 bits per heavy atom. The summed E-state index contributed by atoms with van der Waals surface area (Å²) < 4.78 is 5.17. The molecule has 0 unspecified atom stereocenters. The Balaban J connectivity index is 2.33. The third-order valence-corrected chi connectivity index (χ3v) is 2.53. The van der Waals surface area contributed by atoms with Crippen molar-refractivity contribution < 1.29 is 4.74 Å². The SMILES string of the molecule is COc1cc(N)cc(NCCCCN(C)C)c1. The Morgan fingerprint density at radius 3 is 2.65 bits per heavy atom. The minimum Gasteiger partial charge on any atom is -0.497 e. The lowest BCUT2D eigenvalue weighted by Gasteiger charge is -2.11. The molecule has 0 aliphatic carbocycles. The summed E-state index contributed by atoms with van der Waals surface area (Å²) in [4.78, 5) is 2.20. The van der Waals surface area contributed by atoms with Crippen LogP contribution in [0.2, 0.25) is 0 Å². The average Bonchev–Trinajstić information content (AvgIpc) is 2.27. The van der Waals surface area contributed by atoms with E-state index in [1.807, 2.05) is 18.2 Å². The summed E-state index contributed by atoms with van der Waals surface area (Å²) in [5.74, 6) is 0.792. The molecule has 0 radical (unpaired) electrons. The molecule has 1 aromatic carbocycles. The average molecular weight is 237 g/mol. The smallest absolute Gasteiger partial charge is 0.122 e. The molecule has 0 heterocycles. The summed E-state index contributed by atoms with van der Waals surface area (Å²) >= 11 is 0. The molecule has 0 aliphatic heterocycles. The minimum absolute atomic E-state index is 0.722. The van der Waals surface area contributed by atoms with Gasteiger partial charge in [0.25, 0.3) is 0 Å². The molecule has 0 spiro atoms. The zero-order chi connectivity index (χ0) is 12.7. The minimum atomic E-state index is 0.722. The van der Waals surface area contributed by atoms with Gasteiger partial charge in [-0.15, -0.1) is 0 Å². The molecule has 1 rings (SSSR count). The zero-order valence-electron chi connectivity index (χ0n) is 11.0. The molecule has 0 bridgehead atoms. The van der Waals surface area contributed by atoms with Crippen LogP contribution in [-0.2, 0) is 0 Å². The number of nitrogens with zero attached hydrogens (tertiary/aromatic N) is 1. The highest BCUT2D eigenvalue weighted by molar-refractivity contribution is 5.59. The number of nitrogens with two attached hydrogens (primary N) is 1. The monoisotopic (exact) mass is 237 g/mol. The lowest BCUT2D eigenvalue weighted by molar-refractivity contribution is 0.396. The molecule has 0 atom stereocenters. The van der Waals surface area contributed by atoms with Gasteiger partial charge in [-0.05, 0) is 39.5 Å². The number of ether oxygens (including phenoxy) is 1. The number of nitrogen functional groups attached to an aromatic ring is 1. The van der Waals surface area contributed by atoms with Crippen molar-refractivity contribution >= 4 is 11.4 Å². The van der Waals surface area contributed by atoms with Crippen LogP contribution in [0.25, 0.3) is 0 Å². The first kappa shape index (κ1) is 13.6. The summed E-state index contributed by atoms with van der Waals surface area (Å²) in [6.07, 6.45) is 2.34. The largest absolute Gasteiger partial charge is 0.497 e. The molecule has 0 saturated carbocycles. The van der Waals surface area contributed by atoms with E-state index in [0.29, 0.717) is 0 Å². The molecule has 4 nitrogen and oxygen atoms in total. The van der Waals surface area contributed by atoms with Crippen molar-refractivity contribution in [1.82, 2.24) is 4.90 Å². The molecule has 0 fully saturated rings. The maximum Gasteiger partial charge on any atom is 0.122 e. The topological polar surface area (TPSA) is 50.5 Å². The van der Waals surface area contributed by atoms with Gasteiger partial charge in [-0.2, -0.15) is 0 Å². The molecule has 17 heavy (non-hydrogen) atoms. The van der Waals surface area contributed by atoms with Gasteiger partial charge in [0.15, 0.2) is 0 Å². The summed E-state index contributed by atoms with van der Waals surface area (Å²) in [5, 5.41) is 3.36. The van der Waals surface area contributed by atoms with Gasteiger partial charge in [-0.1, -0.05) is 0 Å². The number of rotatable bonds is 7. The maximum atomic E-state index is 5.78. The van der Waals surface area contributed by atoms with Crippen molar-refractivity contribution in [3.05, 3.63) is 18.2 Å². The highest BCUT2D eigenvalue weighted by Crippen LogP contribution is 2.22. The van der Waals surface area contributed by atoms with E-state index in [2.05, 4.69) is 24.3 Å². The Bertz CT molecular complexity index is 339. The van der Waals surface area contributed by atoms with Crippen molar-refractivity contribution in [3.63, 3.8) is 0 Å². The van der Waals surface area contributed by atoms with E-state index in [-0.39, 0.29) is 0 Å². The molecule has 96 valence electrons. The predicted octanol–water partition coefficient (Wildman–Crippen LogP) is 2.03. The highest BCUT2D eigenvalue weighted by atomic mass is 16.5. The van der Waals surface area contributed by atoms with Crippen LogP contribution in [0, 0.1) is 0 Å². The van der Waals surface area contributed by atoms with Gasteiger partial charge in [0.05, 0.1) is 7.11 Å². The van der Waals surface area contributed by atoms with E-state index in [1.54, 1.807) is 7.11 Å². The Hall–Kier alpha value is -1.42. The first-order valence-electron chi connectivity index (χ1n) is 5.95. The van der Waals surface area contributed by atoms with Crippen molar-refractivity contribution in [2.24, 2.45) is 0 Å². The van der Waals surface area contributed by atoms with E-state index in [1.165, 1.54) is 6.42 Å². The van der Waals surface area contributed by atoms with Crippen LogP contribution in [0.5, 0.6) is 5.75 Å². The van der Waals surface area contributed by atoms with Gasteiger partial charge >= 0.3 is 0 Å². The molecule has 0 amide bonds. The third kappa shape index (κ3) is 5.45. The predicted molar refractivity (Wildman–Crippen MR) is 73.7 cm³/mol. The summed E-state index contributed by atoms with van der Waals surface area (Å²) in [7, 11) is 5.84. The Labute approximate surface area is 104 Å². The first-order valence-corrected chi connectivity index (χ1v) is 5.95. The van der Waals surface area contributed by atoms with Crippen LogP contribution in [0.1, 0.15) is 12.8 Å². The number of unbranched alkanes of at least 4 members (excludes halogenated alkanes) is 1. The van der Waals surface area contributed by atoms with E-state index in [0.717, 1.165) is 36.6 Å². The molecule has 0 aromatic heterocycles. The number of benzene rings is 1. The maximum absolute atomic E-state index is 5.78. The van der Waals surface area contributed by atoms with Gasteiger partial charge in [0.1, 0.15) is 5.75 Å². The van der Waals surface area contributed by atoms with E-state index in [4.69, 9.17) is 10.5 Å². The Morgan fingerprint density at radius 1 is 1.24 bits per heavy atom. The lowest BCUT2D eigenvalue weighted by atomic mass is 10.2. The summed E-state index contributed by atoms with van der Waals surface area (Å²) in [5.41, 5.74) is 7.52. The molecule has 3 N–H and O–H groups in total. The molecule has 4 heteroatoms. The third-order valence-electron chi connectivity index (χ3n) is 2.53. The number of hydrogen-bond donors (Lipinski definition) is 2. The number of hydrogen-bond acceptors (Lipinski definition) is 4. The quantitative estimate of drug-likeness (QED) is 0.563. The van der Waals surface area contributed by atoms with Crippen LogP contribution < -0.4 is 15.8 Å². The fourth-order valence-corrected chi connectivity index (χ4v) is 1.63. The standard InChI is InChI=1S/C13H23N3O/c1-16(2)7-5-4-6-15-12-8-11(14)9-13(10-12)17-3/h8-10,15H,4-7,14H2,1-3H3. The fourth-order valence-electron chi connectivity index (χ4n) is 1.63. The summed E-state index contributed by atoms with van der Waals surface area (Å²) in [6.45, 7) is 2.09. The van der Waals surface area contributed by atoms with E-state index >= 15 is 0 Å². The van der Waals surface area contributed by atoms with Crippen LogP contribution in [0.4, 0.5) is 11.4 Å². The lowest BCUT2D eigenvalue weighted by Crippen LogP contribution is -2.14. The van der Waals surface area contributed by atoms with Crippen molar-refractivity contribution in [1.29, 1.82) is 0 Å². The van der Waals surface area contributed by atoms with Gasteiger partial charge in [0, 0.05) is 30.1 Å². The number of nitrogens with one attached hydrogen (secondary N) is 1. The van der Waals surface area contributed by atoms with Crippen LogP contribution in [0.15, 0.2) is 18.2 Å². The van der Waals surface area contributed by atoms with Crippen molar-refractivity contribution in [3.8, 4) is 5.75 Å². The van der Waals surface area contributed by atoms with Crippen LogP contribution in [-0.4, -0.2) is 39.2 Å². The van der Waals surface area contributed by atoms with Gasteiger partial charge < -0.3 is 20.7 Å². The molecular formula is C13H23N3O. The number of anilines is 2. The molecular weight excluding hydrogens is 214 g/mol. The molecule has 1 aromatic rings. The Kier molecular flexibility index (Phi) is 5.63. The summed E-state index contributed by atoms with van der Waals surface area (Å²) in [6, 6.07) is 5.70. The highest BCUT2D eigenvalue weighted by Gasteiger charge is 1.98. The van der Waals surface area contributed by atoms with Crippen molar-refractivity contribution in [2.75, 3.05) is 45.3 Å². The normalized spacial score (nSPS) is 10.6. The second-order valence-electron chi connectivity index (χ2n) is 4.43. The van der Waals surface area contributed by atoms with Gasteiger partial charge in [0.2, 0.25) is 0 Å². The van der Waals surface area contributed by atoms with Crippen LogP contribution in [0.3, 0.4) is 0 Å². The fraction of sp³-hybridized carbons (Fsp3) is 0.538. The van der Waals surface area contributed by atoms with E-state index < -0.39 is 0 Å². The van der Waals surface area contributed by atoms with Crippen molar-refractivity contribution in [2.45, 2.75) is 12.8 Å². The number of methoxy groups -OCH3 is 1. The van der Waals surface area contributed by atoms with Gasteiger partial charge in [-0.25, -0.2) is 0 Å². The molecule has 0 saturated heterocycles. The van der Waals surface area contributed by atoms with Gasteiger partial charge in [-0.3, -0.25) is 0 Å².